The number of rotatable bonds is 8. The van der Waals surface area contributed by atoms with Crippen molar-refractivity contribution < 1.29 is 4.74 Å². The van der Waals surface area contributed by atoms with Gasteiger partial charge in [-0.15, -0.1) is 0 Å². The van der Waals surface area contributed by atoms with E-state index in [9.17, 15) is 0 Å². The van der Waals surface area contributed by atoms with Gasteiger partial charge >= 0.3 is 0 Å². The summed E-state index contributed by atoms with van der Waals surface area (Å²) in [6.07, 6.45) is 7.18. The Balaban J connectivity index is 1.97. The minimum atomic E-state index is 0.147. The molecule has 1 atom stereocenters. The van der Waals surface area contributed by atoms with Gasteiger partial charge in [0.05, 0.1) is 5.60 Å². The van der Waals surface area contributed by atoms with Crippen molar-refractivity contribution in [1.29, 1.82) is 0 Å². The molecule has 1 aliphatic rings. The Morgan fingerprint density at radius 1 is 1.30 bits per heavy atom. The summed E-state index contributed by atoms with van der Waals surface area (Å²) in [7, 11) is 1.88. The predicted octanol–water partition coefficient (Wildman–Crippen LogP) is 4.16. The van der Waals surface area contributed by atoms with Gasteiger partial charge in [0.15, 0.2) is 0 Å². The van der Waals surface area contributed by atoms with Crippen LogP contribution in [-0.4, -0.2) is 25.3 Å². The van der Waals surface area contributed by atoms with Crippen molar-refractivity contribution in [3.63, 3.8) is 0 Å². The molecule has 1 N–H and O–H groups in total. The second-order valence-electron chi connectivity index (χ2n) is 5.93. The van der Waals surface area contributed by atoms with Crippen molar-refractivity contribution in [2.24, 2.45) is 0 Å². The molecule has 3 heteroatoms. The van der Waals surface area contributed by atoms with E-state index >= 15 is 0 Å². The van der Waals surface area contributed by atoms with E-state index in [2.05, 4.69) is 59.1 Å². The summed E-state index contributed by atoms with van der Waals surface area (Å²) in [6, 6.07) is 9.42. The molecule has 0 amide bonds. The van der Waals surface area contributed by atoms with Gasteiger partial charge in [-0.3, -0.25) is 0 Å². The summed E-state index contributed by atoms with van der Waals surface area (Å²) < 4.78 is 7.10. The lowest BCUT2D eigenvalue weighted by atomic mass is 9.75. The fourth-order valence-electron chi connectivity index (χ4n) is 2.98. The Hall–Kier alpha value is -0.130. The summed E-state index contributed by atoms with van der Waals surface area (Å²) in [5.74, 6) is 0. The standard InChI is InChI=1S/C17H26INO/c1-3-11-19-16(13-17(20-2)9-4-10-17)12-14-5-7-15(18)8-6-14/h5-8,16,19H,3-4,9-13H2,1-2H3. The molecule has 1 fully saturated rings. The van der Waals surface area contributed by atoms with Crippen molar-refractivity contribution in [3.8, 4) is 0 Å². The van der Waals surface area contributed by atoms with Gasteiger partial charge in [0, 0.05) is 16.7 Å². The van der Waals surface area contributed by atoms with E-state index in [1.54, 1.807) is 0 Å². The lowest BCUT2D eigenvalue weighted by Gasteiger charge is -2.43. The van der Waals surface area contributed by atoms with Gasteiger partial charge in [-0.05, 0) is 85.4 Å². The third kappa shape index (κ3) is 4.43. The molecule has 2 nitrogen and oxygen atoms in total. The largest absolute Gasteiger partial charge is 0.378 e. The van der Waals surface area contributed by atoms with E-state index in [0.29, 0.717) is 6.04 Å². The normalized spacial score (nSPS) is 18.6. The first-order valence-electron chi connectivity index (χ1n) is 7.70. The average Bonchev–Trinajstić information content (AvgIpc) is 2.42. The first-order chi connectivity index (χ1) is 9.67. The molecule has 112 valence electrons. The molecule has 2 rings (SSSR count). The van der Waals surface area contributed by atoms with Crippen LogP contribution in [0.2, 0.25) is 0 Å². The lowest BCUT2D eigenvalue weighted by Crippen LogP contribution is -2.46. The van der Waals surface area contributed by atoms with Crippen LogP contribution in [0.15, 0.2) is 24.3 Å². The van der Waals surface area contributed by atoms with Crippen LogP contribution in [0.1, 0.15) is 44.6 Å². The average molecular weight is 387 g/mol. The van der Waals surface area contributed by atoms with Crippen molar-refractivity contribution in [3.05, 3.63) is 33.4 Å². The number of halogens is 1. The Morgan fingerprint density at radius 2 is 2.00 bits per heavy atom. The minimum Gasteiger partial charge on any atom is -0.378 e. The molecule has 0 aliphatic heterocycles. The molecule has 0 spiro atoms. The van der Waals surface area contributed by atoms with Crippen LogP contribution in [0.3, 0.4) is 0 Å². The van der Waals surface area contributed by atoms with Gasteiger partial charge < -0.3 is 10.1 Å². The topological polar surface area (TPSA) is 21.3 Å². The zero-order chi connectivity index (χ0) is 14.4. The van der Waals surface area contributed by atoms with Crippen molar-refractivity contribution in [2.45, 2.75) is 57.1 Å². The van der Waals surface area contributed by atoms with Crippen molar-refractivity contribution in [2.75, 3.05) is 13.7 Å². The van der Waals surface area contributed by atoms with Gasteiger partial charge in [0.1, 0.15) is 0 Å². The van der Waals surface area contributed by atoms with Gasteiger partial charge in [-0.25, -0.2) is 0 Å². The predicted molar refractivity (Wildman–Crippen MR) is 93.2 cm³/mol. The maximum atomic E-state index is 5.80. The number of hydrogen-bond acceptors (Lipinski definition) is 2. The smallest absolute Gasteiger partial charge is 0.0693 e. The molecule has 0 aromatic heterocycles. The van der Waals surface area contributed by atoms with Crippen LogP contribution in [0.5, 0.6) is 0 Å². The molecule has 1 aromatic carbocycles. The highest BCUT2D eigenvalue weighted by atomic mass is 127. The van der Waals surface area contributed by atoms with Gasteiger partial charge in [0.2, 0.25) is 0 Å². The molecule has 1 aliphatic carbocycles. The van der Waals surface area contributed by atoms with Crippen LogP contribution >= 0.6 is 22.6 Å². The third-order valence-corrected chi connectivity index (χ3v) is 5.11. The SMILES string of the molecule is CCCNC(Cc1ccc(I)cc1)CC1(OC)CCC1. The second kappa shape index (κ2) is 7.76. The molecule has 1 unspecified atom stereocenters. The second-order valence-corrected chi connectivity index (χ2v) is 7.17. The zero-order valence-electron chi connectivity index (χ0n) is 12.6. The Kier molecular flexibility index (Phi) is 6.30. The van der Waals surface area contributed by atoms with E-state index in [0.717, 1.165) is 19.4 Å². The van der Waals surface area contributed by atoms with E-state index in [-0.39, 0.29) is 5.60 Å². The fourth-order valence-corrected chi connectivity index (χ4v) is 3.34. The molecule has 1 saturated carbocycles. The summed E-state index contributed by atoms with van der Waals surface area (Å²) >= 11 is 2.36. The van der Waals surface area contributed by atoms with Gasteiger partial charge in [0.25, 0.3) is 0 Å². The number of benzene rings is 1. The number of methoxy groups -OCH3 is 1. The van der Waals surface area contributed by atoms with Crippen molar-refractivity contribution >= 4 is 22.6 Å². The highest BCUT2D eigenvalue weighted by molar-refractivity contribution is 14.1. The minimum absolute atomic E-state index is 0.147. The number of ether oxygens (including phenoxy) is 1. The summed E-state index contributed by atoms with van der Waals surface area (Å²) in [5.41, 5.74) is 1.57. The molecule has 0 bridgehead atoms. The molecule has 0 heterocycles. The summed E-state index contributed by atoms with van der Waals surface area (Å²) in [5, 5.41) is 3.71. The van der Waals surface area contributed by atoms with Crippen LogP contribution in [-0.2, 0) is 11.2 Å². The van der Waals surface area contributed by atoms with Crippen LogP contribution in [0.25, 0.3) is 0 Å². The highest BCUT2D eigenvalue weighted by Gasteiger charge is 2.38. The van der Waals surface area contributed by atoms with Crippen LogP contribution < -0.4 is 5.32 Å². The van der Waals surface area contributed by atoms with Gasteiger partial charge in [-0.2, -0.15) is 0 Å². The maximum Gasteiger partial charge on any atom is 0.0693 e. The Bertz CT molecular complexity index is 394. The van der Waals surface area contributed by atoms with Crippen LogP contribution in [0.4, 0.5) is 0 Å². The fraction of sp³-hybridized carbons (Fsp3) is 0.647. The van der Waals surface area contributed by atoms with Gasteiger partial charge in [-0.1, -0.05) is 19.1 Å². The molecule has 0 radical (unpaired) electrons. The molecular weight excluding hydrogens is 361 g/mol. The Morgan fingerprint density at radius 3 is 2.50 bits per heavy atom. The first kappa shape index (κ1) is 16.2. The lowest BCUT2D eigenvalue weighted by molar-refractivity contribution is -0.0834. The molecule has 20 heavy (non-hydrogen) atoms. The van der Waals surface area contributed by atoms with Crippen molar-refractivity contribution in [1.82, 2.24) is 5.32 Å². The van der Waals surface area contributed by atoms with E-state index in [1.165, 1.54) is 34.8 Å². The maximum absolute atomic E-state index is 5.80. The van der Waals surface area contributed by atoms with E-state index in [1.807, 2.05) is 7.11 Å². The monoisotopic (exact) mass is 387 g/mol. The van der Waals surface area contributed by atoms with E-state index < -0.39 is 0 Å². The number of nitrogens with one attached hydrogen (secondary N) is 1. The first-order valence-corrected chi connectivity index (χ1v) is 8.78. The van der Waals surface area contributed by atoms with E-state index in [4.69, 9.17) is 4.74 Å². The Labute approximate surface area is 136 Å². The molecule has 1 aromatic rings. The quantitative estimate of drug-likeness (QED) is 0.677. The molecular formula is C17H26INO. The third-order valence-electron chi connectivity index (χ3n) is 4.39. The summed E-state index contributed by atoms with van der Waals surface area (Å²) in [6.45, 7) is 3.32. The zero-order valence-corrected chi connectivity index (χ0v) is 14.8. The molecule has 0 saturated heterocycles. The summed E-state index contributed by atoms with van der Waals surface area (Å²) in [4.78, 5) is 0. The highest BCUT2D eigenvalue weighted by Crippen LogP contribution is 2.39. The number of hydrogen-bond donors (Lipinski definition) is 1. The van der Waals surface area contributed by atoms with Crippen LogP contribution in [0, 0.1) is 3.57 Å².